The van der Waals surface area contributed by atoms with Crippen molar-refractivity contribution in [3.8, 4) is 23.3 Å². The highest BCUT2D eigenvalue weighted by Crippen LogP contribution is 2.67. The molecule has 1 amide bonds. The van der Waals surface area contributed by atoms with Crippen molar-refractivity contribution in [1.82, 2.24) is 9.80 Å². The zero-order valence-corrected chi connectivity index (χ0v) is 27.1. The first-order valence-electron chi connectivity index (χ1n) is 16.3. The summed E-state index contributed by atoms with van der Waals surface area (Å²) in [6, 6.07) is 18.3. The molecule has 1 saturated carbocycles. The van der Waals surface area contributed by atoms with Gasteiger partial charge in [-0.15, -0.1) is 0 Å². The second-order valence-electron chi connectivity index (χ2n) is 13.2. The lowest BCUT2D eigenvalue weighted by molar-refractivity contribution is -0.223. The van der Waals surface area contributed by atoms with Crippen LogP contribution in [0.1, 0.15) is 54.0 Å². The summed E-state index contributed by atoms with van der Waals surface area (Å²) in [6.45, 7) is 3.02. The van der Waals surface area contributed by atoms with Gasteiger partial charge in [-0.3, -0.25) is 14.5 Å². The molecule has 250 valence electrons. The fourth-order valence-corrected chi connectivity index (χ4v) is 8.88. The molecule has 2 fully saturated rings. The van der Waals surface area contributed by atoms with Crippen LogP contribution in [-0.2, 0) is 38.8 Å². The molecule has 2 bridgehead atoms. The number of hydrogen-bond donors (Lipinski definition) is 0. The highest BCUT2D eigenvalue weighted by Gasteiger charge is 2.75. The molecule has 2 heterocycles. The predicted molar refractivity (Wildman–Crippen MR) is 172 cm³/mol. The second kappa shape index (κ2) is 11.9. The fraction of sp³-hybridized carbons (Fsp3) is 0.421. The molecule has 3 aromatic rings. The Morgan fingerprint density at radius 1 is 1.06 bits per heavy atom. The van der Waals surface area contributed by atoms with Crippen molar-refractivity contribution >= 4 is 11.9 Å². The summed E-state index contributed by atoms with van der Waals surface area (Å²) in [4.78, 5) is 30.6. The number of ether oxygens (including phenoxy) is 3. The zero-order chi connectivity index (χ0) is 33.8. The van der Waals surface area contributed by atoms with Gasteiger partial charge < -0.3 is 19.1 Å². The van der Waals surface area contributed by atoms with Crippen molar-refractivity contribution in [3.63, 3.8) is 0 Å². The molecule has 3 aromatic carbocycles. The lowest BCUT2D eigenvalue weighted by atomic mass is 9.48. The van der Waals surface area contributed by atoms with Crippen LogP contribution in [0.2, 0.25) is 0 Å². The van der Waals surface area contributed by atoms with Crippen LogP contribution in [-0.4, -0.2) is 72.7 Å². The smallest absolute Gasteiger partial charge is 0.416 e. The van der Waals surface area contributed by atoms with Gasteiger partial charge >= 0.3 is 12.1 Å². The van der Waals surface area contributed by atoms with E-state index in [9.17, 15) is 22.8 Å². The van der Waals surface area contributed by atoms with E-state index in [-0.39, 0.29) is 12.0 Å². The first-order chi connectivity index (χ1) is 23.0. The van der Waals surface area contributed by atoms with Gasteiger partial charge in [0.05, 0.1) is 30.2 Å². The number of halogens is 3. The molecular weight excluding hydrogens is 621 g/mol. The fourth-order valence-electron chi connectivity index (χ4n) is 8.88. The van der Waals surface area contributed by atoms with Gasteiger partial charge in [0.15, 0.2) is 11.5 Å². The van der Waals surface area contributed by atoms with Gasteiger partial charge in [-0.2, -0.15) is 13.2 Å². The van der Waals surface area contributed by atoms with Crippen LogP contribution < -0.4 is 9.47 Å². The van der Waals surface area contributed by atoms with Crippen LogP contribution >= 0.6 is 0 Å². The molecule has 7 nitrogen and oxygen atoms in total. The zero-order valence-electron chi connectivity index (χ0n) is 27.1. The topological polar surface area (TPSA) is 68.3 Å². The van der Waals surface area contributed by atoms with E-state index in [1.807, 2.05) is 24.3 Å². The van der Waals surface area contributed by atoms with E-state index in [2.05, 4.69) is 34.9 Å². The van der Waals surface area contributed by atoms with Gasteiger partial charge in [0, 0.05) is 37.6 Å². The van der Waals surface area contributed by atoms with E-state index in [0.717, 1.165) is 42.8 Å². The molecule has 1 saturated heterocycles. The lowest BCUT2D eigenvalue weighted by Crippen LogP contribution is -2.79. The minimum Gasteiger partial charge on any atom is -0.493 e. The third kappa shape index (κ3) is 5.02. The van der Waals surface area contributed by atoms with Crippen LogP contribution in [0.4, 0.5) is 13.2 Å². The number of benzene rings is 3. The molecular formula is C38H37F3N2O5. The molecule has 0 unspecified atom stereocenters. The van der Waals surface area contributed by atoms with Crippen LogP contribution in [0.3, 0.4) is 0 Å². The summed E-state index contributed by atoms with van der Waals surface area (Å²) in [5, 5.41) is 0. The average molecular weight is 659 g/mol. The van der Waals surface area contributed by atoms with Crippen molar-refractivity contribution in [1.29, 1.82) is 0 Å². The number of rotatable bonds is 6. The van der Waals surface area contributed by atoms with E-state index in [4.69, 9.17) is 14.2 Å². The SMILES string of the molecule is COc1ccc2c3c1O[C@H]1[C@@H](N(C)C(=O)C#Cc4ccc(C(F)(F)F)cc4)CC[C@@]4(OC(C)=O)[C@@H](C2)N(CCc2ccccc2)CC[C@]314. The third-order valence-corrected chi connectivity index (χ3v) is 10.9. The summed E-state index contributed by atoms with van der Waals surface area (Å²) in [6.07, 6.45) is -1.79. The highest BCUT2D eigenvalue weighted by molar-refractivity contribution is 5.94. The maximum Gasteiger partial charge on any atom is 0.416 e. The number of carbonyl (C=O) groups is 2. The number of esters is 1. The molecule has 48 heavy (non-hydrogen) atoms. The number of likely N-dealkylation sites (N-methyl/N-ethyl adjacent to an activating group) is 1. The van der Waals surface area contributed by atoms with Crippen LogP contribution in [0.5, 0.6) is 11.5 Å². The Morgan fingerprint density at radius 3 is 2.50 bits per heavy atom. The van der Waals surface area contributed by atoms with Gasteiger partial charge in [0.2, 0.25) is 0 Å². The molecule has 1 spiro atoms. The van der Waals surface area contributed by atoms with E-state index >= 15 is 0 Å². The molecule has 4 aliphatic rings. The van der Waals surface area contributed by atoms with Crippen LogP contribution in [0, 0.1) is 11.8 Å². The third-order valence-electron chi connectivity index (χ3n) is 10.9. The van der Waals surface area contributed by atoms with Gasteiger partial charge in [0.25, 0.3) is 5.91 Å². The van der Waals surface area contributed by atoms with Crippen molar-refractivity contribution in [3.05, 3.63) is 94.5 Å². The second-order valence-corrected chi connectivity index (χ2v) is 13.2. The minimum atomic E-state index is -4.46. The molecule has 0 aromatic heterocycles. The van der Waals surface area contributed by atoms with Gasteiger partial charge in [-0.1, -0.05) is 42.3 Å². The Hall–Kier alpha value is -4.49. The first kappa shape index (κ1) is 32.1. The lowest BCUT2D eigenvalue weighted by Gasteiger charge is -2.65. The van der Waals surface area contributed by atoms with E-state index in [0.29, 0.717) is 42.7 Å². The summed E-state index contributed by atoms with van der Waals surface area (Å²) < 4.78 is 58.3. The van der Waals surface area contributed by atoms with Crippen LogP contribution in [0.15, 0.2) is 66.7 Å². The molecule has 0 radical (unpaired) electrons. The normalized spacial score (nSPS) is 26.8. The summed E-state index contributed by atoms with van der Waals surface area (Å²) in [5.41, 5.74) is 1.27. The summed E-state index contributed by atoms with van der Waals surface area (Å²) >= 11 is 0. The maximum absolute atomic E-state index is 13.6. The Labute approximate surface area is 278 Å². The average Bonchev–Trinajstić information content (AvgIpc) is 3.42. The number of piperidine rings is 1. The van der Waals surface area contributed by atoms with E-state index < -0.39 is 40.8 Å². The molecule has 10 heteroatoms. The number of alkyl halides is 3. The van der Waals surface area contributed by atoms with E-state index in [1.165, 1.54) is 24.6 Å². The van der Waals surface area contributed by atoms with Crippen molar-refractivity contribution in [2.75, 3.05) is 27.2 Å². The predicted octanol–water partition coefficient (Wildman–Crippen LogP) is 5.56. The minimum absolute atomic E-state index is 0.0989. The Kier molecular flexibility index (Phi) is 7.94. The monoisotopic (exact) mass is 658 g/mol. The Bertz CT molecular complexity index is 1800. The number of hydrogen-bond acceptors (Lipinski definition) is 6. The van der Waals surface area contributed by atoms with Crippen molar-refractivity contribution in [2.45, 2.75) is 74.4 Å². The maximum atomic E-state index is 13.6. The number of amides is 1. The first-order valence-corrected chi connectivity index (χ1v) is 16.3. The van der Waals surface area contributed by atoms with Gasteiger partial charge in [0.1, 0.15) is 11.7 Å². The summed E-state index contributed by atoms with van der Waals surface area (Å²) in [7, 11) is 3.28. The molecule has 0 N–H and O–H groups in total. The highest BCUT2D eigenvalue weighted by atomic mass is 19.4. The number of methoxy groups -OCH3 is 1. The molecule has 2 aliphatic heterocycles. The van der Waals surface area contributed by atoms with E-state index in [1.54, 1.807) is 19.1 Å². The largest absolute Gasteiger partial charge is 0.493 e. The quantitative estimate of drug-likeness (QED) is 0.255. The van der Waals surface area contributed by atoms with Crippen LogP contribution in [0.25, 0.3) is 0 Å². The van der Waals surface area contributed by atoms with Gasteiger partial charge in [-0.05, 0) is 80.1 Å². The standard InChI is InChI=1S/C38H37F3N2O5/c1-24(44)48-37-19-17-29(42(2)32(45)16-11-26-9-13-28(14-10-26)38(39,40)41)35-36(37)20-22-43(21-18-25-7-5-4-6-8-25)31(37)23-27-12-15-30(46-3)34(47-35)33(27)36/h4-10,12-15,29,31,35H,17-23H2,1-3H3/t29-,31+,35-,36-,37+/m0/s1. The summed E-state index contributed by atoms with van der Waals surface area (Å²) in [5.74, 6) is 5.76. The Morgan fingerprint density at radius 2 is 1.81 bits per heavy atom. The Balaban J connectivity index is 1.25. The number of nitrogens with zero attached hydrogens (tertiary/aromatic N) is 2. The van der Waals surface area contributed by atoms with Gasteiger partial charge in [-0.25, -0.2) is 0 Å². The number of carbonyl (C=O) groups excluding carboxylic acids is 2. The van der Waals surface area contributed by atoms with Crippen molar-refractivity contribution in [2.24, 2.45) is 0 Å². The van der Waals surface area contributed by atoms with Crippen molar-refractivity contribution < 1.29 is 37.0 Å². The molecule has 2 aliphatic carbocycles. The molecule has 7 rings (SSSR count). The molecule has 5 atom stereocenters. The number of likely N-dealkylation sites (tertiary alicyclic amines) is 1.